The predicted molar refractivity (Wildman–Crippen MR) is 126 cm³/mol. The number of benzene rings is 3. The summed E-state index contributed by atoms with van der Waals surface area (Å²) in [5.74, 6) is 0.255. The molecule has 0 aliphatic rings. The van der Waals surface area contributed by atoms with Crippen LogP contribution in [0.15, 0.2) is 91.0 Å². The van der Waals surface area contributed by atoms with Gasteiger partial charge in [0.05, 0.1) is 11.4 Å². The highest BCUT2D eigenvalue weighted by Crippen LogP contribution is 2.31. The highest BCUT2D eigenvalue weighted by Gasteiger charge is 2.10. The first-order valence-electron chi connectivity index (χ1n) is 10.4. The summed E-state index contributed by atoms with van der Waals surface area (Å²) in [6.45, 7) is 6.34. The molecule has 30 heavy (non-hydrogen) atoms. The average molecular weight is 395 g/mol. The lowest BCUT2D eigenvalue weighted by molar-refractivity contribution is 0.475. The molecule has 4 rings (SSSR count). The SMILES string of the molecule is CCN(CC)c1ccc(-c2cc(-c3ccccc3)nc(-c3ccc(O)cc3)c2)cc1. The fourth-order valence-electron chi connectivity index (χ4n) is 3.69. The first-order valence-corrected chi connectivity index (χ1v) is 10.4. The van der Waals surface area contributed by atoms with Crippen molar-refractivity contribution in [1.29, 1.82) is 0 Å². The van der Waals surface area contributed by atoms with Gasteiger partial charge in [0.1, 0.15) is 5.75 Å². The molecule has 0 fully saturated rings. The number of hydrogen-bond acceptors (Lipinski definition) is 3. The fraction of sp³-hybridized carbons (Fsp3) is 0.148. The molecule has 3 aromatic carbocycles. The number of phenols is 1. The van der Waals surface area contributed by atoms with Gasteiger partial charge in [0.15, 0.2) is 0 Å². The largest absolute Gasteiger partial charge is 0.508 e. The minimum Gasteiger partial charge on any atom is -0.508 e. The standard InChI is InChI=1S/C27H26N2O/c1-3-29(4-2)24-14-10-20(11-15-24)23-18-26(21-8-6-5-7-9-21)28-27(19-23)22-12-16-25(30)17-13-22/h5-19,30H,3-4H2,1-2H3. The second kappa shape index (κ2) is 8.83. The van der Waals surface area contributed by atoms with E-state index in [1.54, 1.807) is 12.1 Å². The molecule has 0 amide bonds. The molecule has 0 radical (unpaired) electrons. The van der Waals surface area contributed by atoms with Crippen molar-refractivity contribution in [2.24, 2.45) is 0 Å². The van der Waals surface area contributed by atoms with Crippen molar-refractivity contribution in [2.45, 2.75) is 13.8 Å². The first kappa shape index (κ1) is 19.7. The summed E-state index contributed by atoms with van der Waals surface area (Å²) in [5.41, 5.74) is 7.40. The van der Waals surface area contributed by atoms with Gasteiger partial charge in [-0.3, -0.25) is 0 Å². The number of aromatic hydroxyl groups is 1. The minimum atomic E-state index is 0.255. The lowest BCUT2D eigenvalue weighted by Gasteiger charge is -2.21. The highest BCUT2D eigenvalue weighted by molar-refractivity contribution is 5.77. The Labute approximate surface area is 178 Å². The number of pyridine rings is 1. The summed E-state index contributed by atoms with van der Waals surface area (Å²) in [5, 5.41) is 9.66. The van der Waals surface area contributed by atoms with Crippen LogP contribution in [0.3, 0.4) is 0 Å². The second-order valence-corrected chi connectivity index (χ2v) is 7.26. The molecule has 0 atom stereocenters. The normalized spacial score (nSPS) is 10.7. The molecule has 1 heterocycles. The van der Waals surface area contributed by atoms with Gasteiger partial charge in [-0.05, 0) is 73.5 Å². The van der Waals surface area contributed by atoms with Crippen LogP contribution in [0.5, 0.6) is 5.75 Å². The molecule has 4 aromatic rings. The number of rotatable bonds is 6. The van der Waals surface area contributed by atoms with Gasteiger partial charge in [0.2, 0.25) is 0 Å². The van der Waals surface area contributed by atoms with Gasteiger partial charge in [0.25, 0.3) is 0 Å². The Bertz CT molecular complexity index is 1100. The molecule has 0 saturated heterocycles. The highest BCUT2D eigenvalue weighted by atomic mass is 16.3. The van der Waals surface area contributed by atoms with Crippen molar-refractivity contribution in [1.82, 2.24) is 4.98 Å². The third-order valence-corrected chi connectivity index (χ3v) is 5.39. The average Bonchev–Trinajstić information content (AvgIpc) is 2.81. The van der Waals surface area contributed by atoms with Gasteiger partial charge >= 0.3 is 0 Å². The summed E-state index contributed by atoms with van der Waals surface area (Å²) in [6.07, 6.45) is 0. The van der Waals surface area contributed by atoms with Crippen LogP contribution in [0.4, 0.5) is 5.69 Å². The van der Waals surface area contributed by atoms with E-state index in [1.807, 2.05) is 30.3 Å². The Kier molecular flexibility index (Phi) is 5.80. The van der Waals surface area contributed by atoms with Crippen LogP contribution in [0.2, 0.25) is 0 Å². The zero-order chi connectivity index (χ0) is 20.9. The van der Waals surface area contributed by atoms with E-state index in [9.17, 15) is 5.11 Å². The third kappa shape index (κ3) is 4.20. The van der Waals surface area contributed by atoms with E-state index in [0.717, 1.165) is 46.7 Å². The first-order chi connectivity index (χ1) is 14.7. The zero-order valence-electron chi connectivity index (χ0n) is 17.4. The molecule has 150 valence electrons. The van der Waals surface area contributed by atoms with Gasteiger partial charge in [0, 0.05) is 29.9 Å². The molecule has 0 spiro atoms. The van der Waals surface area contributed by atoms with Gasteiger partial charge in [-0.15, -0.1) is 0 Å². The fourth-order valence-corrected chi connectivity index (χ4v) is 3.69. The maximum Gasteiger partial charge on any atom is 0.115 e. The van der Waals surface area contributed by atoms with Crippen LogP contribution in [-0.2, 0) is 0 Å². The van der Waals surface area contributed by atoms with Crippen LogP contribution in [0.25, 0.3) is 33.6 Å². The Morgan fingerprint density at radius 2 is 1.17 bits per heavy atom. The number of hydrogen-bond donors (Lipinski definition) is 1. The monoisotopic (exact) mass is 394 g/mol. The maximum atomic E-state index is 9.66. The van der Waals surface area contributed by atoms with E-state index >= 15 is 0 Å². The number of anilines is 1. The molecule has 3 nitrogen and oxygen atoms in total. The molecular weight excluding hydrogens is 368 g/mol. The lowest BCUT2D eigenvalue weighted by atomic mass is 9.99. The van der Waals surface area contributed by atoms with Crippen molar-refractivity contribution in [3.05, 3.63) is 91.0 Å². The molecule has 1 N–H and O–H groups in total. The van der Waals surface area contributed by atoms with E-state index in [0.29, 0.717) is 0 Å². The van der Waals surface area contributed by atoms with Crippen molar-refractivity contribution in [3.8, 4) is 39.4 Å². The van der Waals surface area contributed by atoms with Gasteiger partial charge in [-0.2, -0.15) is 0 Å². The van der Waals surface area contributed by atoms with Crippen LogP contribution in [0.1, 0.15) is 13.8 Å². The van der Waals surface area contributed by atoms with Crippen LogP contribution in [0, 0.1) is 0 Å². The lowest BCUT2D eigenvalue weighted by Crippen LogP contribution is -2.21. The topological polar surface area (TPSA) is 36.4 Å². The minimum absolute atomic E-state index is 0.255. The van der Waals surface area contributed by atoms with Crippen LogP contribution < -0.4 is 4.90 Å². The molecule has 0 bridgehead atoms. The molecule has 3 heteroatoms. The summed E-state index contributed by atoms with van der Waals surface area (Å²) >= 11 is 0. The van der Waals surface area contributed by atoms with Gasteiger partial charge in [-0.25, -0.2) is 4.98 Å². The summed E-state index contributed by atoms with van der Waals surface area (Å²) in [6, 6.07) is 30.4. The quantitative estimate of drug-likeness (QED) is 0.398. The second-order valence-electron chi connectivity index (χ2n) is 7.26. The number of nitrogens with zero attached hydrogens (tertiary/aromatic N) is 2. The molecule has 0 saturated carbocycles. The molecule has 1 aromatic heterocycles. The Hall–Kier alpha value is -3.59. The van der Waals surface area contributed by atoms with Crippen molar-refractivity contribution in [3.63, 3.8) is 0 Å². The third-order valence-electron chi connectivity index (χ3n) is 5.39. The molecule has 0 aliphatic heterocycles. The zero-order valence-corrected chi connectivity index (χ0v) is 17.4. The summed E-state index contributed by atoms with van der Waals surface area (Å²) < 4.78 is 0. The van der Waals surface area contributed by atoms with Crippen molar-refractivity contribution in [2.75, 3.05) is 18.0 Å². The summed E-state index contributed by atoms with van der Waals surface area (Å²) in [7, 11) is 0. The van der Waals surface area contributed by atoms with E-state index < -0.39 is 0 Å². The van der Waals surface area contributed by atoms with Crippen LogP contribution >= 0.6 is 0 Å². The van der Waals surface area contributed by atoms with Crippen molar-refractivity contribution < 1.29 is 5.11 Å². The Morgan fingerprint density at radius 3 is 1.73 bits per heavy atom. The number of phenolic OH excluding ortho intramolecular Hbond substituents is 1. The Morgan fingerprint density at radius 1 is 0.633 bits per heavy atom. The van der Waals surface area contributed by atoms with E-state index in [1.165, 1.54) is 5.69 Å². The predicted octanol–water partition coefficient (Wildman–Crippen LogP) is 6.63. The molecule has 0 aliphatic carbocycles. The number of aromatic nitrogens is 1. The van der Waals surface area contributed by atoms with Gasteiger partial charge < -0.3 is 10.0 Å². The maximum absolute atomic E-state index is 9.66. The van der Waals surface area contributed by atoms with E-state index in [2.05, 4.69) is 67.3 Å². The van der Waals surface area contributed by atoms with Crippen molar-refractivity contribution >= 4 is 5.69 Å². The van der Waals surface area contributed by atoms with Crippen LogP contribution in [-0.4, -0.2) is 23.2 Å². The smallest absolute Gasteiger partial charge is 0.115 e. The van der Waals surface area contributed by atoms with E-state index in [-0.39, 0.29) is 5.75 Å². The molecule has 0 unspecified atom stereocenters. The van der Waals surface area contributed by atoms with E-state index in [4.69, 9.17) is 4.98 Å². The Balaban J connectivity index is 1.80. The van der Waals surface area contributed by atoms with Gasteiger partial charge in [-0.1, -0.05) is 42.5 Å². The molecular formula is C27H26N2O. The summed E-state index contributed by atoms with van der Waals surface area (Å²) in [4.78, 5) is 7.25.